The minimum atomic E-state index is -0.0665. The summed E-state index contributed by atoms with van der Waals surface area (Å²) in [6.45, 7) is 1.88. The molecule has 76 valence electrons. The van der Waals surface area contributed by atoms with Crippen molar-refractivity contribution in [1.29, 1.82) is 0 Å². The van der Waals surface area contributed by atoms with Crippen LogP contribution >= 0.6 is 34.2 Å². The summed E-state index contributed by atoms with van der Waals surface area (Å²) >= 11 is 7.75. The number of benzene rings is 1. The van der Waals surface area contributed by atoms with E-state index in [1.54, 1.807) is 6.07 Å². The molecule has 0 fully saturated rings. The number of carbonyl (C=O) groups excluding carboxylic acids is 1. The zero-order valence-corrected chi connectivity index (χ0v) is 10.7. The average Bonchev–Trinajstić information content (AvgIpc) is 2.18. The van der Waals surface area contributed by atoms with E-state index >= 15 is 0 Å². The Kier molecular flexibility index (Phi) is 4.68. The van der Waals surface area contributed by atoms with Crippen LogP contribution in [0.5, 0.6) is 0 Å². The van der Waals surface area contributed by atoms with Crippen molar-refractivity contribution in [3.05, 3.63) is 33.4 Å². The maximum Gasteiger partial charge on any atom is 0.252 e. The smallest absolute Gasteiger partial charge is 0.252 e. The Hall–Kier alpha value is -0.290. The highest BCUT2D eigenvalue weighted by Gasteiger charge is 2.10. The van der Waals surface area contributed by atoms with Gasteiger partial charge in [0, 0.05) is 15.5 Å². The minimum absolute atomic E-state index is 0.000160. The fourth-order valence-corrected chi connectivity index (χ4v) is 1.69. The molecule has 4 heteroatoms. The Labute approximate surface area is 102 Å². The molecule has 2 nitrogen and oxygen atoms in total. The van der Waals surface area contributed by atoms with Gasteiger partial charge >= 0.3 is 0 Å². The van der Waals surface area contributed by atoms with Crippen LogP contribution in [0.1, 0.15) is 17.3 Å². The summed E-state index contributed by atoms with van der Waals surface area (Å²) in [5, 5.41) is 2.81. The number of hydrogen-bond donors (Lipinski definition) is 1. The molecule has 1 rings (SSSR count). The lowest BCUT2D eigenvalue weighted by Gasteiger charge is -2.11. The third-order valence-electron chi connectivity index (χ3n) is 1.73. The quantitative estimate of drug-likeness (QED) is 0.672. The molecule has 0 aliphatic rings. The average molecular weight is 324 g/mol. The van der Waals surface area contributed by atoms with E-state index in [2.05, 4.69) is 27.9 Å². The van der Waals surface area contributed by atoms with Gasteiger partial charge in [0.25, 0.3) is 5.91 Å². The van der Waals surface area contributed by atoms with Crippen molar-refractivity contribution in [3.8, 4) is 0 Å². The Bertz CT molecular complexity index is 330. The molecule has 0 heterocycles. The molecule has 0 radical (unpaired) electrons. The predicted molar refractivity (Wildman–Crippen MR) is 66.8 cm³/mol. The SMILES string of the molecule is CC(CCl)NC(=O)c1ccccc1I. The number of hydrogen-bond acceptors (Lipinski definition) is 1. The first kappa shape index (κ1) is 11.8. The molecule has 1 atom stereocenters. The van der Waals surface area contributed by atoms with Crippen molar-refractivity contribution in [1.82, 2.24) is 5.32 Å². The summed E-state index contributed by atoms with van der Waals surface area (Å²) in [5.41, 5.74) is 0.699. The van der Waals surface area contributed by atoms with E-state index in [0.29, 0.717) is 11.4 Å². The van der Waals surface area contributed by atoms with E-state index in [0.717, 1.165) is 3.57 Å². The Balaban J connectivity index is 2.75. The topological polar surface area (TPSA) is 29.1 Å². The molecule has 0 saturated carbocycles. The maximum atomic E-state index is 11.7. The summed E-state index contributed by atoms with van der Waals surface area (Å²) in [6.07, 6.45) is 0. The number of carbonyl (C=O) groups is 1. The van der Waals surface area contributed by atoms with Crippen LogP contribution in [0, 0.1) is 3.57 Å². The first-order valence-corrected chi connectivity index (χ1v) is 5.88. The second kappa shape index (κ2) is 5.56. The first-order valence-electron chi connectivity index (χ1n) is 4.26. The normalized spacial score (nSPS) is 12.2. The molecule has 0 spiro atoms. The van der Waals surface area contributed by atoms with E-state index in [9.17, 15) is 4.79 Å². The Morgan fingerprint density at radius 1 is 1.57 bits per heavy atom. The highest BCUT2D eigenvalue weighted by molar-refractivity contribution is 14.1. The molecule has 0 aliphatic heterocycles. The summed E-state index contributed by atoms with van der Waals surface area (Å²) in [6, 6.07) is 7.46. The maximum absolute atomic E-state index is 11.7. The Morgan fingerprint density at radius 2 is 2.21 bits per heavy atom. The minimum Gasteiger partial charge on any atom is -0.348 e. The summed E-state index contributed by atoms with van der Waals surface area (Å²) in [5.74, 6) is 0.359. The molecule has 0 aliphatic carbocycles. The summed E-state index contributed by atoms with van der Waals surface area (Å²) < 4.78 is 0.948. The van der Waals surface area contributed by atoms with Gasteiger partial charge in [-0.2, -0.15) is 0 Å². The fraction of sp³-hybridized carbons (Fsp3) is 0.300. The van der Waals surface area contributed by atoms with Crippen LogP contribution in [0.4, 0.5) is 0 Å². The van der Waals surface area contributed by atoms with Crippen molar-refractivity contribution < 1.29 is 4.79 Å². The molecule has 1 amide bonds. The van der Waals surface area contributed by atoms with Gasteiger partial charge in [0.1, 0.15) is 0 Å². The number of rotatable bonds is 3. The van der Waals surface area contributed by atoms with Crippen LogP contribution in [0.25, 0.3) is 0 Å². The van der Waals surface area contributed by atoms with E-state index in [4.69, 9.17) is 11.6 Å². The van der Waals surface area contributed by atoms with Crippen LogP contribution < -0.4 is 5.32 Å². The van der Waals surface area contributed by atoms with Crippen molar-refractivity contribution in [2.75, 3.05) is 5.88 Å². The van der Waals surface area contributed by atoms with E-state index in [1.807, 2.05) is 25.1 Å². The fourth-order valence-electron chi connectivity index (χ4n) is 0.985. The lowest BCUT2D eigenvalue weighted by atomic mass is 10.2. The number of nitrogens with one attached hydrogen (secondary N) is 1. The van der Waals surface area contributed by atoms with Gasteiger partial charge < -0.3 is 5.32 Å². The van der Waals surface area contributed by atoms with Crippen molar-refractivity contribution in [2.45, 2.75) is 13.0 Å². The zero-order chi connectivity index (χ0) is 10.6. The van der Waals surface area contributed by atoms with Crippen LogP contribution in [0.15, 0.2) is 24.3 Å². The number of halogens is 2. The van der Waals surface area contributed by atoms with Gasteiger partial charge in [-0.1, -0.05) is 12.1 Å². The van der Waals surface area contributed by atoms with Crippen LogP contribution in [-0.4, -0.2) is 17.8 Å². The zero-order valence-electron chi connectivity index (χ0n) is 7.76. The lowest BCUT2D eigenvalue weighted by molar-refractivity contribution is 0.0942. The van der Waals surface area contributed by atoms with Crippen molar-refractivity contribution in [2.24, 2.45) is 0 Å². The van der Waals surface area contributed by atoms with Crippen molar-refractivity contribution >= 4 is 40.1 Å². The molecule has 14 heavy (non-hydrogen) atoms. The molecule has 0 aromatic heterocycles. The molecular formula is C10H11ClINO. The Morgan fingerprint density at radius 3 is 2.79 bits per heavy atom. The highest BCUT2D eigenvalue weighted by Crippen LogP contribution is 2.11. The van der Waals surface area contributed by atoms with Gasteiger partial charge in [0.05, 0.1) is 5.56 Å². The second-order valence-corrected chi connectivity index (χ2v) is 4.48. The monoisotopic (exact) mass is 323 g/mol. The first-order chi connectivity index (χ1) is 6.65. The molecule has 0 saturated heterocycles. The van der Waals surface area contributed by atoms with Gasteiger partial charge in [-0.25, -0.2) is 0 Å². The lowest BCUT2D eigenvalue weighted by Crippen LogP contribution is -2.34. The molecule has 1 N–H and O–H groups in total. The predicted octanol–water partition coefficient (Wildman–Crippen LogP) is 2.65. The van der Waals surface area contributed by atoms with Gasteiger partial charge in [-0.3, -0.25) is 4.79 Å². The van der Waals surface area contributed by atoms with Crippen LogP contribution in [0.3, 0.4) is 0 Å². The molecule has 1 aromatic rings. The van der Waals surface area contributed by atoms with Gasteiger partial charge in [-0.15, -0.1) is 11.6 Å². The van der Waals surface area contributed by atoms with E-state index in [-0.39, 0.29) is 11.9 Å². The van der Waals surface area contributed by atoms with Gasteiger partial charge in [0.2, 0.25) is 0 Å². The number of alkyl halides is 1. The van der Waals surface area contributed by atoms with Gasteiger partial charge in [0.15, 0.2) is 0 Å². The molecule has 0 bridgehead atoms. The largest absolute Gasteiger partial charge is 0.348 e. The third kappa shape index (κ3) is 3.13. The second-order valence-electron chi connectivity index (χ2n) is 3.01. The number of amides is 1. The third-order valence-corrected chi connectivity index (χ3v) is 3.13. The van der Waals surface area contributed by atoms with Gasteiger partial charge in [-0.05, 0) is 41.6 Å². The highest BCUT2D eigenvalue weighted by atomic mass is 127. The standard InChI is InChI=1S/C10H11ClINO/c1-7(6-11)13-10(14)8-4-2-3-5-9(8)12/h2-5,7H,6H2,1H3,(H,13,14). The summed E-state index contributed by atoms with van der Waals surface area (Å²) in [7, 11) is 0. The molecular weight excluding hydrogens is 312 g/mol. The van der Waals surface area contributed by atoms with E-state index < -0.39 is 0 Å². The van der Waals surface area contributed by atoms with Crippen LogP contribution in [0.2, 0.25) is 0 Å². The summed E-state index contributed by atoms with van der Waals surface area (Å²) in [4.78, 5) is 11.7. The van der Waals surface area contributed by atoms with Crippen LogP contribution in [-0.2, 0) is 0 Å². The molecule has 1 unspecified atom stereocenters. The van der Waals surface area contributed by atoms with Crippen molar-refractivity contribution in [3.63, 3.8) is 0 Å². The van der Waals surface area contributed by atoms with E-state index in [1.165, 1.54) is 0 Å². The molecule has 1 aromatic carbocycles.